The van der Waals surface area contributed by atoms with Crippen LogP contribution in [0.4, 0.5) is 0 Å². The Morgan fingerprint density at radius 1 is 0.609 bits per heavy atom. The maximum Gasteiger partial charge on any atom is 0.454 e. The number of hydrogen-bond acceptors (Lipinski definition) is 15. The fourth-order valence-corrected chi connectivity index (χ4v) is 5.63. The largest absolute Gasteiger partial charge is 0.463 e. The number of aliphatic hydroxyl groups is 1. The van der Waals surface area contributed by atoms with E-state index in [2.05, 4.69) is 150 Å². The van der Waals surface area contributed by atoms with Gasteiger partial charge in [0, 0.05) is 62.0 Å². The third kappa shape index (κ3) is 24.3. The number of aromatic nitrogens is 10. The normalized spacial score (nSPS) is 15.7. The number of hydrogen-bond donors (Lipinski definition) is 3. The van der Waals surface area contributed by atoms with E-state index in [9.17, 15) is 4.79 Å². The number of aliphatic hydroxyl groups excluding tert-OH is 1. The van der Waals surface area contributed by atoms with Gasteiger partial charge in [-0.15, -0.1) is 0 Å². The van der Waals surface area contributed by atoms with Crippen LogP contribution in [0.3, 0.4) is 0 Å². The maximum absolute atomic E-state index is 11.0. The summed E-state index contributed by atoms with van der Waals surface area (Å²) in [5.41, 5.74) is 4.86. The van der Waals surface area contributed by atoms with Crippen LogP contribution in [0, 0.1) is 0 Å². The van der Waals surface area contributed by atoms with Crippen molar-refractivity contribution in [3.05, 3.63) is 117 Å². The molecule has 15 nitrogen and oxygen atoms in total. The molecule has 0 radical (unpaired) electrons. The van der Waals surface area contributed by atoms with Crippen LogP contribution in [0.1, 0.15) is 132 Å². The molecule has 5 heterocycles. The molecule has 5 aliphatic carbocycles. The van der Waals surface area contributed by atoms with E-state index in [-0.39, 0.29) is 24.6 Å². The number of alkyl halides is 5. The third-order valence-electron chi connectivity index (χ3n) is 9.22. The summed E-state index contributed by atoms with van der Waals surface area (Å²) in [5, 5.41) is 26.5. The average molecular weight is 1310 g/mol. The van der Waals surface area contributed by atoms with Crippen LogP contribution < -0.4 is 0 Å². The van der Waals surface area contributed by atoms with Crippen molar-refractivity contribution in [2.75, 3.05) is 7.11 Å². The molecule has 0 unspecified atom stereocenters. The number of nitrogens with zero attached hydrogens (tertiary/aromatic N) is 10. The van der Waals surface area contributed by atoms with E-state index in [1.54, 1.807) is 24.8 Å². The van der Waals surface area contributed by atoms with E-state index in [1.807, 2.05) is 37.2 Å². The molecule has 3 N–H and O–H groups in total. The fraction of sp³-hybridized carbons (Fsp3) is 0.475. The van der Waals surface area contributed by atoms with Gasteiger partial charge < -0.3 is 19.9 Å². The zero-order valence-corrected chi connectivity index (χ0v) is 45.4. The van der Waals surface area contributed by atoms with Crippen LogP contribution in [0.5, 0.6) is 0 Å². The van der Waals surface area contributed by atoms with Crippen molar-refractivity contribution >= 4 is 132 Å². The molecule has 5 aromatic heterocycles. The number of rotatable bonds is 8. The number of halogens is 8. The molecular weight excluding hydrogens is 1260 g/mol. The van der Waals surface area contributed by atoms with Crippen LogP contribution in [-0.4, -0.2) is 86.2 Å². The van der Waals surface area contributed by atoms with E-state index in [0.717, 1.165) is 45.9 Å². The molecular formula is C40H45BBr6Cl2N10O5. The van der Waals surface area contributed by atoms with E-state index in [1.165, 1.54) is 75.2 Å². The highest BCUT2D eigenvalue weighted by Crippen LogP contribution is 2.42. The fourth-order valence-electron chi connectivity index (χ4n) is 4.94. The lowest BCUT2D eigenvalue weighted by molar-refractivity contribution is 0.0586. The molecule has 0 aromatic carbocycles. The van der Waals surface area contributed by atoms with Crippen molar-refractivity contribution in [3.63, 3.8) is 0 Å². The Morgan fingerprint density at radius 2 is 0.922 bits per heavy atom. The van der Waals surface area contributed by atoms with Gasteiger partial charge in [-0.1, -0.05) is 28.8 Å². The van der Waals surface area contributed by atoms with Crippen molar-refractivity contribution in [3.8, 4) is 0 Å². The van der Waals surface area contributed by atoms with Gasteiger partial charge in [0.15, 0.2) is 6.88 Å². The monoisotopic (exact) mass is 1300 g/mol. The minimum absolute atomic E-state index is 0.0645. The molecule has 5 aliphatic rings. The first-order valence-electron chi connectivity index (χ1n) is 20.0. The van der Waals surface area contributed by atoms with Crippen LogP contribution in [-0.2, 0) is 16.7 Å². The van der Waals surface area contributed by atoms with Gasteiger partial charge in [-0.05, 0) is 206 Å². The Bertz CT molecular complexity index is 2020. The number of ether oxygens (including phenoxy) is 1. The SMILES string of the molecule is BrC(Br)(Br)Br.BrCc1ncc(C2CC2)cn1.COC(=O)c1ncc(C2CC2)cn1.Clc1ncc(Br)cn1.Clc1ncc(C2CC2)cn1.OB(O)C1CC1.OCc1ncc(C2CC2)cn1. The summed E-state index contributed by atoms with van der Waals surface area (Å²) >= 11 is 29.9. The van der Waals surface area contributed by atoms with Gasteiger partial charge in [0.05, 0.1) is 16.9 Å². The molecule has 5 aromatic rings. The topological polar surface area (TPSA) is 216 Å². The van der Waals surface area contributed by atoms with Gasteiger partial charge in [0.25, 0.3) is 0 Å². The van der Waals surface area contributed by atoms with E-state index in [0.29, 0.717) is 22.9 Å². The summed E-state index contributed by atoms with van der Waals surface area (Å²) in [4.78, 5) is 50.4. The van der Waals surface area contributed by atoms with E-state index < -0.39 is 13.1 Å². The zero-order valence-electron chi connectivity index (χ0n) is 34.4. The molecule has 5 fully saturated rings. The van der Waals surface area contributed by atoms with Gasteiger partial charge >= 0.3 is 13.1 Å². The Labute approximate surface area is 433 Å². The molecule has 0 spiro atoms. The second-order valence-corrected chi connectivity index (χ2v) is 28.0. The summed E-state index contributed by atoms with van der Waals surface area (Å²) < 4.78 is 5.07. The van der Waals surface area contributed by atoms with Crippen LogP contribution in [0.15, 0.2) is 66.4 Å². The minimum Gasteiger partial charge on any atom is -0.463 e. The lowest BCUT2D eigenvalue weighted by Gasteiger charge is -1.98. The van der Waals surface area contributed by atoms with E-state index in [4.69, 9.17) is 38.4 Å². The smallest absolute Gasteiger partial charge is 0.454 e. The molecule has 24 heteroatoms. The number of carbonyl (C=O) groups excluding carboxylic acids is 1. The van der Waals surface area contributed by atoms with Crippen molar-refractivity contribution in [2.45, 2.75) is 107 Å². The maximum atomic E-state index is 11.0. The van der Waals surface area contributed by atoms with Gasteiger partial charge in [-0.25, -0.2) is 54.6 Å². The number of methoxy groups -OCH3 is 1. The number of carbonyl (C=O) groups is 1. The van der Waals surface area contributed by atoms with Gasteiger partial charge in [0.2, 0.25) is 16.4 Å². The zero-order chi connectivity index (χ0) is 46.6. The average Bonchev–Trinajstić information content (AvgIpc) is 4.09. The minimum atomic E-state index is -1.04. The summed E-state index contributed by atoms with van der Waals surface area (Å²) in [7, 11) is 0.283. The van der Waals surface area contributed by atoms with Crippen molar-refractivity contribution < 1.29 is 24.7 Å². The van der Waals surface area contributed by atoms with Crippen LogP contribution in [0.25, 0.3) is 0 Å². The third-order valence-corrected chi connectivity index (χ3v) is 10.5. The van der Waals surface area contributed by atoms with Gasteiger partial charge in [0.1, 0.15) is 12.4 Å². The van der Waals surface area contributed by atoms with Crippen molar-refractivity contribution in [2.24, 2.45) is 0 Å². The summed E-state index contributed by atoms with van der Waals surface area (Å²) in [6, 6.07) is 0. The Kier molecular flexibility index (Phi) is 24.5. The second-order valence-electron chi connectivity index (χ2n) is 14.7. The first kappa shape index (κ1) is 54.9. The lowest BCUT2D eigenvalue weighted by atomic mass is 9.84. The predicted octanol–water partition coefficient (Wildman–Crippen LogP) is 10.9. The standard InChI is InChI=1S/C9H10N2O2.C8H9BrN2.C8H10N2O.C7H7ClN2.C4H2BrClN2.C3H7BO2.CBr4/c1-13-9(12)8-10-4-7(5-11-8)6-2-3-6;9-3-8-10-4-7(5-11-8)6-1-2-6;11-5-8-9-3-7(4-10-8)6-1-2-6;8-7-9-3-6(4-10-7)5-1-2-5;5-3-1-7-4(6)8-2-3;5-4(6)3-1-2-3;2-1(3,4)5/h4-6H,2-3H2,1H3;4-6H,1-3H2;3-4,6,11H,1-2,5H2;3-5H,1-2H2;1-2H;3,5-6H,1-2H2;. The lowest BCUT2D eigenvalue weighted by Crippen LogP contribution is -2.09. The van der Waals surface area contributed by atoms with Crippen LogP contribution >= 0.6 is 119 Å². The highest BCUT2D eigenvalue weighted by Gasteiger charge is 2.33. The highest BCUT2D eigenvalue weighted by atomic mass is 80.0. The van der Waals surface area contributed by atoms with Crippen LogP contribution in [0.2, 0.25) is 16.4 Å². The van der Waals surface area contributed by atoms with E-state index >= 15 is 0 Å². The first-order valence-corrected chi connectivity index (χ1v) is 25.8. The van der Waals surface area contributed by atoms with Gasteiger partial charge in [-0.2, -0.15) is 0 Å². The summed E-state index contributed by atoms with van der Waals surface area (Å²) in [6.45, 7) is -0.0645. The first-order chi connectivity index (χ1) is 30.6. The highest BCUT2D eigenvalue weighted by molar-refractivity contribution is 9.52. The number of esters is 1. The van der Waals surface area contributed by atoms with Gasteiger partial charge in [-0.3, -0.25) is 0 Å². The molecule has 344 valence electrons. The Morgan fingerprint density at radius 3 is 1.17 bits per heavy atom. The van der Waals surface area contributed by atoms with Crippen molar-refractivity contribution in [1.82, 2.24) is 49.8 Å². The summed E-state index contributed by atoms with van der Waals surface area (Å²) in [5.74, 6) is 4.04. The molecule has 0 atom stereocenters. The quantitative estimate of drug-likeness (QED) is 0.0570. The molecule has 0 bridgehead atoms. The van der Waals surface area contributed by atoms with Crippen molar-refractivity contribution in [1.29, 1.82) is 0 Å². The summed E-state index contributed by atoms with van der Waals surface area (Å²) in [6.07, 6.45) is 29.9. The predicted molar refractivity (Wildman–Crippen MR) is 267 cm³/mol. The molecule has 0 aliphatic heterocycles. The molecule has 0 amide bonds. The Hall–Kier alpha value is -1.73. The molecule has 5 saturated carbocycles. The molecule has 64 heavy (non-hydrogen) atoms. The molecule has 10 rings (SSSR count). The Balaban J connectivity index is 0.000000167. The molecule has 0 saturated heterocycles. The second kappa shape index (κ2) is 28.6.